The number of carbonyl (C=O) groups excluding carboxylic acids is 1. The molecular formula is C8H6FN3O. The molecule has 1 rings (SSSR count). The van der Waals surface area contributed by atoms with E-state index < -0.39 is 11.7 Å². The van der Waals surface area contributed by atoms with Crippen LogP contribution in [0.1, 0.15) is 15.9 Å². The predicted molar refractivity (Wildman–Crippen MR) is 44.6 cm³/mol. The van der Waals surface area contributed by atoms with Gasteiger partial charge in [-0.15, -0.1) is 0 Å². The number of carbonyl (C=O) groups is 1. The van der Waals surface area contributed by atoms with Crippen LogP contribution in [0.25, 0.3) is 10.4 Å². The Morgan fingerprint density at radius 3 is 2.85 bits per heavy atom. The van der Waals surface area contributed by atoms with E-state index in [4.69, 9.17) is 5.53 Å². The van der Waals surface area contributed by atoms with Crippen molar-refractivity contribution < 1.29 is 9.18 Å². The molecule has 0 saturated carbocycles. The standard InChI is InChI=1S/C8H6FN3O/c1-5-2-3-6(7(9)4-5)8(13)11-12-10/h2-4H,1H3. The predicted octanol–water partition coefficient (Wildman–Crippen LogP) is 2.58. The Labute approximate surface area is 73.6 Å². The Bertz CT molecular complexity index is 396. The van der Waals surface area contributed by atoms with Crippen LogP contribution in [-0.4, -0.2) is 5.91 Å². The van der Waals surface area contributed by atoms with E-state index in [0.29, 0.717) is 5.56 Å². The Hall–Kier alpha value is -1.87. The number of halogens is 1. The number of hydrogen-bond donors (Lipinski definition) is 0. The number of azide groups is 1. The minimum absolute atomic E-state index is 0.205. The number of aryl methyl sites for hydroxylation is 1. The second kappa shape index (κ2) is 3.69. The summed E-state index contributed by atoms with van der Waals surface area (Å²) in [6.45, 7) is 1.70. The van der Waals surface area contributed by atoms with Gasteiger partial charge in [0.1, 0.15) is 5.82 Å². The minimum Gasteiger partial charge on any atom is -0.287 e. The zero-order valence-corrected chi connectivity index (χ0v) is 6.86. The summed E-state index contributed by atoms with van der Waals surface area (Å²) in [5.74, 6) is -1.57. The van der Waals surface area contributed by atoms with E-state index in [-0.39, 0.29) is 5.56 Å². The van der Waals surface area contributed by atoms with Gasteiger partial charge in [0.25, 0.3) is 5.91 Å². The van der Waals surface area contributed by atoms with Gasteiger partial charge in [-0.05, 0) is 35.3 Å². The third-order valence-electron chi connectivity index (χ3n) is 1.49. The maximum atomic E-state index is 13.0. The lowest BCUT2D eigenvalue weighted by Gasteiger charge is -1.97. The van der Waals surface area contributed by atoms with Gasteiger partial charge >= 0.3 is 0 Å². The van der Waals surface area contributed by atoms with E-state index in [1.165, 1.54) is 12.1 Å². The third-order valence-corrected chi connectivity index (χ3v) is 1.49. The summed E-state index contributed by atoms with van der Waals surface area (Å²) in [5, 5.41) is 2.79. The zero-order valence-electron chi connectivity index (χ0n) is 6.86. The summed E-state index contributed by atoms with van der Waals surface area (Å²) in [7, 11) is 0. The van der Waals surface area contributed by atoms with Crippen molar-refractivity contribution in [2.24, 2.45) is 5.11 Å². The molecule has 0 spiro atoms. The molecule has 66 valence electrons. The van der Waals surface area contributed by atoms with Gasteiger partial charge in [0.05, 0.1) is 5.56 Å². The number of amides is 1. The van der Waals surface area contributed by atoms with Gasteiger partial charge in [-0.3, -0.25) is 4.79 Å². The summed E-state index contributed by atoms with van der Waals surface area (Å²) >= 11 is 0. The molecule has 0 aliphatic carbocycles. The molecule has 0 N–H and O–H groups in total. The highest BCUT2D eigenvalue weighted by atomic mass is 19.1. The number of benzene rings is 1. The fourth-order valence-electron chi connectivity index (χ4n) is 0.888. The summed E-state index contributed by atoms with van der Waals surface area (Å²) in [4.78, 5) is 13.2. The van der Waals surface area contributed by atoms with Crippen molar-refractivity contribution in [3.8, 4) is 0 Å². The van der Waals surface area contributed by atoms with E-state index in [1.807, 2.05) is 0 Å². The van der Waals surface area contributed by atoms with Gasteiger partial charge in [-0.2, -0.15) is 0 Å². The highest BCUT2D eigenvalue weighted by Gasteiger charge is 2.08. The Morgan fingerprint density at radius 1 is 1.62 bits per heavy atom. The van der Waals surface area contributed by atoms with Gasteiger partial charge in [0.15, 0.2) is 0 Å². The van der Waals surface area contributed by atoms with Crippen molar-refractivity contribution in [3.05, 3.63) is 45.6 Å². The Kier molecular flexibility index (Phi) is 2.62. The topological polar surface area (TPSA) is 65.8 Å². The quantitative estimate of drug-likeness (QED) is 0.371. The largest absolute Gasteiger partial charge is 0.287 e. The molecule has 0 aromatic heterocycles. The van der Waals surface area contributed by atoms with Crippen LogP contribution in [-0.2, 0) is 0 Å². The van der Waals surface area contributed by atoms with E-state index in [0.717, 1.165) is 0 Å². The smallest absolute Gasteiger partial charge is 0.252 e. The van der Waals surface area contributed by atoms with Crippen molar-refractivity contribution >= 4 is 5.91 Å². The van der Waals surface area contributed by atoms with E-state index in [2.05, 4.69) is 10.0 Å². The third kappa shape index (κ3) is 2.04. The molecule has 0 heterocycles. The lowest BCUT2D eigenvalue weighted by Crippen LogP contribution is -1.97. The van der Waals surface area contributed by atoms with Crippen LogP contribution in [0.2, 0.25) is 0 Å². The highest BCUT2D eigenvalue weighted by molar-refractivity contribution is 5.95. The number of nitrogens with zero attached hydrogens (tertiary/aromatic N) is 3. The molecule has 0 fully saturated rings. The lowest BCUT2D eigenvalue weighted by atomic mass is 10.1. The highest BCUT2D eigenvalue weighted by Crippen LogP contribution is 2.10. The summed E-state index contributed by atoms with van der Waals surface area (Å²) in [6.07, 6.45) is 0. The molecule has 5 heteroatoms. The normalized spacial score (nSPS) is 9.08. The second-order valence-corrected chi connectivity index (χ2v) is 2.48. The molecule has 0 bridgehead atoms. The minimum atomic E-state index is -0.903. The first-order valence-electron chi connectivity index (χ1n) is 3.50. The average molecular weight is 179 g/mol. The molecule has 13 heavy (non-hydrogen) atoms. The van der Waals surface area contributed by atoms with Crippen molar-refractivity contribution in [2.45, 2.75) is 6.92 Å². The van der Waals surface area contributed by atoms with Crippen LogP contribution >= 0.6 is 0 Å². The van der Waals surface area contributed by atoms with Crippen molar-refractivity contribution in [1.29, 1.82) is 0 Å². The molecule has 0 unspecified atom stereocenters. The monoisotopic (exact) mass is 179 g/mol. The van der Waals surface area contributed by atoms with Gasteiger partial charge in [-0.25, -0.2) is 4.39 Å². The lowest BCUT2D eigenvalue weighted by molar-refractivity contribution is 0.0996. The van der Waals surface area contributed by atoms with Gasteiger partial charge in [0.2, 0.25) is 0 Å². The molecule has 0 aliphatic heterocycles. The van der Waals surface area contributed by atoms with Gasteiger partial charge < -0.3 is 0 Å². The molecule has 4 nitrogen and oxygen atoms in total. The zero-order chi connectivity index (χ0) is 9.84. The SMILES string of the molecule is Cc1ccc(C(=O)N=[N+]=[N-])c(F)c1. The molecule has 0 aliphatic rings. The summed E-state index contributed by atoms with van der Waals surface area (Å²) in [6, 6.07) is 4.07. The first kappa shape index (κ1) is 9.22. The van der Waals surface area contributed by atoms with E-state index in [1.54, 1.807) is 13.0 Å². The maximum absolute atomic E-state index is 13.0. The van der Waals surface area contributed by atoms with Crippen molar-refractivity contribution in [1.82, 2.24) is 0 Å². The van der Waals surface area contributed by atoms with Gasteiger partial charge in [-0.1, -0.05) is 6.07 Å². The summed E-state index contributed by atoms with van der Waals surface area (Å²) < 4.78 is 13.0. The Morgan fingerprint density at radius 2 is 2.31 bits per heavy atom. The van der Waals surface area contributed by atoms with Crippen LogP contribution in [0.5, 0.6) is 0 Å². The first-order valence-corrected chi connectivity index (χ1v) is 3.50. The van der Waals surface area contributed by atoms with Crippen LogP contribution in [0.4, 0.5) is 4.39 Å². The number of hydrogen-bond acceptors (Lipinski definition) is 1. The van der Waals surface area contributed by atoms with E-state index in [9.17, 15) is 9.18 Å². The van der Waals surface area contributed by atoms with Crippen LogP contribution in [0.15, 0.2) is 23.3 Å². The average Bonchev–Trinajstić information content (AvgIpc) is 2.04. The van der Waals surface area contributed by atoms with Crippen molar-refractivity contribution in [3.63, 3.8) is 0 Å². The molecule has 1 aromatic rings. The van der Waals surface area contributed by atoms with Crippen LogP contribution in [0.3, 0.4) is 0 Å². The molecule has 0 atom stereocenters. The fourth-order valence-corrected chi connectivity index (χ4v) is 0.888. The maximum Gasteiger partial charge on any atom is 0.252 e. The van der Waals surface area contributed by atoms with E-state index >= 15 is 0 Å². The van der Waals surface area contributed by atoms with Crippen LogP contribution < -0.4 is 0 Å². The molecule has 0 saturated heterocycles. The summed E-state index contributed by atoms with van der Waals surface area (Å²) in [5.41, 5.74) is 8.46. The van der Waals surface area contributed by atoms with Crippen molar-refractivity contribution in [2.75, 3.05) is 0 Å². The molecular weight excluding hydrogens is 173 g/mol. The van der Waals surface area contributed by atoms with Gasteiger partial charge in [0, 0.05) is 4.91 Å². The Balaban J connectivity index is 3.16. The fraction of sp³-hybridized carbons (Fsp3) is 0.125. The molecule has 1 amide bonds. The van der Waals surface area contributed by atoms with Crippen LogP contribution in [0, 0.1) is 12.7 Å². The molecule has 1 aromatic carbocycles. The number of rotatable bonds is 1. The first-order chi connectivity index (χ1) is 6.15. The second-order valence-electron chi connectivity index (χ2n) is 2.48. The molecule has 0 radical (unpaired) electrons.